The van der Waals surface area contributed by atoms with E-state index in [9.17, 15) is 4.79 Å². The van der Waals surface area contributed by atoms with Crippen molar-refractivity contribution in [2.24, 2.45) is 0 Å². The first-order valence-electron chi connectivity index (χ1n) is 9.66. The van der Waals surface area contributed by atoms with Crippen LogP contribution in [0.4, 0.5) is 0 Å². The summed E-state index contributed by atoms with van der Waals surface area (Å²) < 4.78 is 5.34. The zero-order valence-electron chi connectivity index (χ0n) is 15.9. The van der Waals surface area contributed by atoms with Crippen LogP contribution >= 0.6 is 11.3 Å². The number of esters is 1. The molecule has 1 aromatic carbocycles. The Morgan fingerprint density at radius 2 is 1.81 bits per heavy atom. The molecule has 2 aromatic rings. The summed E-state index contributed by atoms with van der Waals surface area (Å²) in [5.41, 5.74) is 1.06. The highest BCUT2D eigenvalue weighted by Crippen LogP contribution is 2.27. The molecule has 0 radical (unpaired) electrons. The molecule has 26 heavy (non-hydrogen) atoms. The van der Waals surface area contributed by atoms with Crippen molar-refractivity contribution in [3.63, 3.8) is 0 Å². The molecule has 0 fully saturated rings. The molecule has 1 aromatic heterocycles. The van der Waals surface area contributed by atoms with Crippen LogP contribution < -0.4 is 4.74 Å². The Morgan fingerprint density at radius 3 is 2.54 bits per heavy atom. The van der Waals surface area contributed by atoms with Crippen molar-refractivity contribution in [2.75, 3.05) is 0 Å². The lowest BCUT2D eigenvalue weighted by Gasteiger charge is -2.02. The fourth-order valence-electron chi connectivity index (χ4n) is 2.61. The smallest absolute Gasteiger partial charge is 0.335 e. The Morgan fingerprint density at radius 1 is 1.08 bits per heavy atom. The van der Waals surface area contributed by atoms with Gasteiger partial charge in [-0.2, -0.15) is 0 Å². The first kappa shape index (κ1) is 20.4. The van der Waals surface area contributed by atoms with Gasteiger partial charge in [-0.1, -0.05) is 45.6 Å². The maximum Gasteiger partial charge on any atom is 0.335 e. The number of ether oxygens (including phenoxy) is 1. The first-order chi connectivity index (χ1) is 12.7. The average Bonchev–Trinajstić information content (AvgIpc) is 3.11. The number of aryl methyl sites for hydroxylation is 1. The third kappa shape index (κ3) is 7.12. The molecule has 1 heterocycles. The minimum Gasteiger partial charge on any atom is -0.423 e. The van der Waals surface area contributed by atoms with E-state index in [0.717, 1.165) is 29.8 Å². The van der Waals surface area contributed by atoms with Gasteiger partial charge in [-0.15, -0.1) is 11.3 Å². The van der Waals surface area contributed by atoms with E-state index in [4.69, 9.17) is 4.74 Å². The summed E-state index contributed by atoms with van der Waals surface area (Å²) in [4.78, 5) is 17.7. The number of benzene rings is 1. The van der Waals surface area contributed by atoms with Gasteiger partial charge in [0.25, 0.3) is 0 Å². The van der Waals surface area contributed by atoms with Crippen molar-refractivity contribution in [2.45, 2.75) is 65.2 Å². The maximum atomic E-state index is 11.8. The van der Waals surface area contributed by atoms with E-state index in [-0.39, 0.29) is 5.97 Å². The van der Waals surface area contributed by atoms with E-state index in [1.54, 1.807) is 11.3 Å². The normalized spacial score (nSPS) is 11.2. The van der Waals surface area contributed by atoms with Gasteiger partial charge in [0.05, 0.1) is 0 Å². The van der Waals surface area contributed by atoms with Gasteiger partial charge in [0.1, 0.15) is 10.8 Å². The summed E-state index contributed by atoms with van der Waals surface area (Å²) in [6, 6.07) is 7.58. The molecule has 0 spiro atoms. The fraction of sp³-hybridized carbons (Fsp3) is 0.455. The Hall–Kier alpha value is -1.94. The summed E-state index contributed by atoms with van der Waals surface area (Å²) in [5, 5.41) is 1.02. The van der Waals surface area contributed by atoms with Crippen LogP contribution in [0.2, 0.25) is 0 Å². The van der Waals surface area contributed by atoms with Crippen LogP contribution in [0.5, 0.6) is 5.75 Å². The van der Waals surface area contributed by atoms with Gasteiger partial charge >= 0.3 is 5.97 Å². The van der Waals surface area contributed by atoms with Crippen molar-refractivity contribution < 1.29 is 9.53 Å². The van der Waals surface area contributed by atoms with E-state index in [2.05, 4.69) is 18.8 Å². The molecule has 0 amide bonds. The number of carbonyl (C=O) groups is 1. The molecule has 3 nitrogen and oxygen atoms in total. The SMILES string of the molecule is CCCCCC=CC(=O)Oc1ccc(-c2ncc(CCCCC)s2)cc1. The van der Waals surface area contributed by atoms with Crippen molar-refractivity contribution in [3.8, 4) is 16.3 Å². The van der Waals surface area contributed by atoms with Crippen molar-refractivity contribution in [1.29, 1.82) is 0 Å². The van der Waals surface area contributed by atoms with Crippen LogP contribution in [0.3, 0.4) is 0 Å². The lowest BCUT2D eigenvalue weighted by atomic mass is 10.2. The lowest BCUT2D eigenvalue weighted by molar-refractivity contribution is -0.129. The Balaban J connectivity index is 1.85. The Kier molecular flexibility index (Phi) is 9.11. The zero-order chi connectivity index (χ0) is 18.6. The summed E-state index contributed by atoms with van der Waals surface area (Å²) in [6.45, 7) is 4.38. The number of hydrogen-bond donors (Lipinski definition) is 0. The molecule has 0 aliphatic rings. The molecule has 0 saturated carbocycles. The van der Waals surface area contributed by atoms with Crippen LogP contribution in [0.15, 0.2) is 42.6 Å². The minimum absolute atomic E-state index is 0.318. The molecular weight excluding hydrogens is 342 g/mol. The lowest BCUT2D eigenvalue weighted by Crippen LogP contribution is -2.03. The van der Waals surface area contributed by atoms with Crippen LogP contribution in [-0.4, -0.2) is 11.0 Å². The van der Waals surface area contributed by atoms with Crippen molar-refractivity contribution >= 4 is 17.3 Å². The molecule has 0 atom stereocenters. The fourth-order valence-corrected chi connectivity index (χ4v) is 3.57. The van der Waals surface area contributed by atoms with Crippen LogP contribution in [0, 0.1) is 0 Å². The molecule has 0 aliphatic heterocycles. The monoisotopic (exact) mass is 371 g/mol. The van der Waals surface area contributed by atoms with Gasteiger partial charge in [0.15, 0.2) is 0 Å². The van der Waals surface area contributed by atoms with E-state index in [1.807, 2.05) is 36.5 Å². The van der Waals surface area contributed by atoms with Gasteiger partial charge in [-0.25, -0.2) is 9.78 Å². The van der Waals surface area contributed by atoms with Crippen LogP contribution in [0.25, 0.3) is 10.6 Å². The van der Waals surface area contributed by atoms with E-state index in [1.165, 1.54) is 43.1 Å². The molecule has 0 N–H and O–H groups in total. The number of rotatable bonds is 11. The van der Waals surface area contributed by atoms with Gasteiger partial charge < -0.3 is 4.74 Å². The maximum absolute atomic E-state index is 11.8. The first-order valence-corrected chi connectivity index (χ1v) is 10.5. The average molecular weight is 372 g/mol. The molecular formula is C22H29NO2S. The predicted molar refractivity (Wildman–Crippen MR) is 110 cm³/mol. The molecule has 2 rings (SSSR count). The molecule has 0 bridgehead atoms. The molecule has 0 aliphatic carbocycles. The number of unbranched alkanes of at least 4 members (excludes halogenated alkanes) is 5. The van der Waals surface area contributed by atoms with Crippen molar-refractivity contribution in [3.05, 3.63) is 47.5 Å². The molecule has 140 valence electrons. The zero-order valence-corrected chi connectivity index (χ0v) is 16.7. The van der Waals surface area contributed by atoms with Gasteiger partial charge in [-0.3, -0.25) is 0 Å². The third-order valence-corrected chi connectivity index (χ3v) is 5.23. The highest BCUT2D eigenvalue weighted by Gasteiger charge is 2.06. The molecule has 0 saturated heterocycles. The number of aromatic nitrogens is 1. The summed E-state index contributed by atoms with van der Waals surface area (Å²) >= 11 is 1.74. The molecule has 0 unspecified atom stereocenters. The number of hydrogen-bond acceptors (Lipinski definition) is 4. The Bertz CT molecular complexity index is 688. The van der Waals surface area contributed by atoms with Crippen molar-refractivity contribution in [1.82, 2.24) is 4.98 Å². The highest BCUT2D eigenvalue weighted by atomic mass is 32.1. The highest BCUT2D eigenvalue weighted by molar-refractivity contribution is 7.15. The second-order valence-electron chi connectivity index (χ2n) is 6.43. The van der Waals surface area contributed by atoms with Gasteiger partial charge in [0.2, 0.25) is 0 Å². The number of carbonyl (C=O) groups excluding carboxylic acids is 1. The van der Waals surface area contributed by atoms with Crippen LogP contribution in [0.1, 0.15) is 63.7 Å². The minimum atomic E-state index is -0.318. The summed E-state index contributed by atoms with van der Waals surface area (Å²) in [5.74, 6) is 0.249. The summed E-state index contributed by atoms with van der Waals surface area (Å²) in [6.07, 6.45) is 14.6. The van der Waals surface area contributed by atoms with Gasteiger partial charge in [0, 0.05) is 22.7 Å². The third-order valence-electron chi connectivity index (χ3n) is 4.13. The summed E-state index contributed by atoms with van der Waals surface area (Å²) in [7, 11) is 0. The number of thiazole rings is 1. The number of allylic oxidation sites excluding steroid dienone is 1. The second-order valence-corrected chi connectivity index (χ2v) is 7.55. The number of nitrogens with zero attached hydrogens (tertiary/aromatic N) is 1. The molecule has 4 heteroatoms. The standard InChI is InChI=1S/C22H29NO2S/c1-3-5-7-8-10-12-21(24)25-19-15-13-18(14-16-19)22-23-17-20(26-22)11-9-6-4-2/h10,12-17H,3-9,11H2,1-2H3. The van der Waals surface area contributed by atoms with Gasteiger partial charge in [-0.05, 0) is 49.9 Å². The second kappa shape index (κ2) is 11.6. The van der Waals surface area contributed by atoms with Crippen LogP contribution in [-0.2, 0) is 11.2 Å². The topological polar surface area (TPSA) is 39.2 Å². The largest absolute Gasteiger partial charge is 0.423 e. The predicted octanol–water partition coefficient (Wildman–Crippen LogP) is 6.58. The Labute approximate surface area is 161 Å². The van der Waals surface area contributed by atoms with E-state index < -0.39 is 0 Å². The van der Waals surface area contributed by atoms with E-state index >= 15 is 0 Å². The quantitative estimate of drug-likeness (QED) is 0.194. The van der Waals surface area contributed by atoms with E-state index in [0.29, 0.717) is 5.75 Å².